The van der Waals surface area contributed by atoms with Crippen LogP contribution in [0.15, 0.2) is 0 Å². The van der Waals surface area contributed by atoms with Gasteiger partial charge in [0.15, 0.2) is 0 Å². The van der Waals surface area contributed by atoms with Crippen molar-refractivity contribution in [1.82, 2.24) is 15.1 Å². The summed E-state index contributed by atoms with van der Waals surface area (Å²) in [4.78, 5) is 5.41. The number of nitrogens with zero attached hydrogens (tertiary/aromatic N) is 2. The van der Waals surface area contributed by atoms with Gasteiger partial charge in [-0.1, -0.05) is 27.7 Å². The molecule has 0 radical (unpaired) electrons. The average molecular weight is 253 g/mol. The number of piperazine rings is 1. The standard InChI is InChI=1S/C15H31N3/c1-12(2)15(11-16-13(3)4)18-9-7-17(8-10-18)14-5-6-14/h12-16H,5-11H2,1-4H3. The van der Waals surface area contributed by atoms with E-state index in [2.05, 4.69) is 42.8 Å². The van der Waals surface area contributed by atoms with Crippen LogP contribution in [0, 0.1) is 5.92 Å². The van der Waals surface area contributed by atoms with Crippen LogP contribution in [0.5, 0.6) is 0 Å². The zero-order valence-electron chi connectivity index (χ0n) is 12.7. The molecule has 1 aliphatic heterocycles. The maximum atomic E-state index is 3.62. The van der Waals surface area contributed by atoms with Crippen molar-refractivity contribution in [2.45, 2.75) is 58.7 Å². The van der Waals surface area contributed by atoms with Gasteiger partial charge >= 0.3 is 0 Å². The van der Waals surface area contributed by atoms with E-state index in [4.69, 9.17) is 0 Å². The van der Waals surface area contributed by atoms with Crippen LogP contribution in [-0.4, -0.2) is 60.6 Å². The summed E-state index contributed by atoms with van der Waals surface area (Å²) in [5.74, 6) is 0.740. The van der Waals surface area contributed by atoms with Crippen LogP contribution in [-0.2, 0) is 0 Å². The van der Waals surface area contributed by atoms with Crippen LogP contribution in [0.25, 0.3) is 0 Å². The quantitative estimate of drug-likeness (QED) is 0.778. The van der Waals surface area contributed by atoms with E-state index in [-0.39, 0.29) is 0 Å². The fraction of sp³-hybridized carbons (Fsp3) is 1.00. The maximum Gasteiger partial charge on any atom is 0.0244 e. The van der Waals surface area contributed by atoms with Crippen molar-refractivity contribution in [3.05, 3.63) is 0 Å². The molecule has 18 heavy (non-hydrogen) atoms. The topological polar surface area (TPSA) is 18.5 Å². The average Bonchev–Trinajstić information content (AvgIpc) is 3.13. The fourth-order valence-electron chi connectivity index (χ4n) is 3.02. The Morgan fingerprint density at radius 1 is 1.00 bits per heavy atom. The normalized spacial score (nSPS) is 25.0. The van der Waals surface area contributed by atoms with E-state index in [1.165, 1.54) is 39.0 Å². The summed E-state index contributed by atoms with van der Waals surface area (Å²) in [6, 6.07) is 2.24. The second-order valence-electron chi connectivity index (χ2n) is 6.68. The number of rotatable bonds is 6. The van der Waals surface area contributed by atoms with Crippen LogP contribution in [0.2, 0.25) is 0 Å². The lowest BCUT2D eigenvalue weighted by atomic mass is 10.0. The Kier molecular flexibility index (Phi) is 5.05. The molecule has 3 nitrogen and oxygen atoms in total. The van der Waals surface area contributed by atoms with E-state index >= 15 is 0 Å². The first-order chi connectivity index (χ1) is 8.58. The molecular weight excluding hydrogens is 222 g/mol. The first kappa shape index (κ1) is 14.3. The highest BCUT2D eigenvalue weighted by atomic mass is 15.3. The van der Waals surface area contributed by atoms with Gasteiger partial charge < -0.3 is 5.32 Å². The van der Waals surface area contributed by atoms with Gasteiger partial charge in [-0.25, -0.2) is 0 Å². The lowest BCUT2D eigenvalue weighted by Crippen LogP contribution is -2.55. The minimum Gasteiger partial charge on any atom is -0.313 e. The molecule has 3 heteroatoms. The molecular formula is C15H31N3. The Morgan fingerprint density at radius 3 is 2.06 bits per heavy atom. The summed E-state index contributed by atoms with van der Waals surface area (Å²) >= 11 is 0. The molecule has 1 unspecified atom stereocenters. The largest absolute Gasteiger partial charge is 0.313 e. The van der Waals surface area contributed by atoms with Crippen molar-refractivity contribution in [3.63, 3.8) is 0 Å². The molecule has 1 aliphatic carbocycles. The summed E-state index contributed by atoms with van der Waals surface area (Å²) in [7, 11) is 0. The van der Waals surface area contributed by atoms with Crippen LogP contribution >= 0.6 is 0 Å². The summed E-state index contributed by atoms with van der Waals surface area (Å²) in [6.45, 7) is 15.4. The lowest BCUT2D eigenvalue weighted by molar-refractivity contribution is 0.0712. The maximum absolute atomic E-state index is 3.62. The Bertz CT molecular complexity index is 240. The molecule has 1 saturated heterocycles. The third kappa shape index (κ3) is 3.94. The van der Waals surface area contributed by atoms with Crippen LogP contribution in [0.3, 0.4) is 0 Å². The van der Waals surface area contributed by atoms with Gasteiger partial charge in [0.05, 0.1) is 0 Å². The monoisotopic (exact) mass is 253 g/mol. The van der Waals surface area contributed by atoms with E-state index in [1.807, 2.05) is 0 Å². The molecule has 2 fully saturated rings. The van der Waals surface area contributed by atoms with Gasteiger partial charge in [-0.3, -0.25) is 9.80 Å². The van der Waals surface area contributed by atoms with Gasteiger partial charge in [-0.2, -0.15) is 0 Å². The van der Waals surface area contributed by atoms with Crippen molar-refractivity contribution in [2.24, 2.45) is 5.92 Å². The lowest BCUT2D eigenvalue weighted by Gasteiger charge is -2.41. The summed E-state index contributed by atoms with van der Waals surface area (Å²) in [6.07, 6.45) is 2.89. The summed E-state index contributed by atoms with van der Waals surface area (Å²) < 4.78 is 0. The molecule has 0 aromatic heterocycles. The molecule has 1 saturated carbocycles. The highest BCUT2D eigenvalue weighted by Gasteiger charge is 2.33. The summed E-state index contributed by atoms with van der Waals surface area (Å²) in [5, 5.41) is 3.62. The highest BCUT2D eigenvalue weighted by Crippen LogP contribution is 2.28. The molecule has 1 N–H and O–H groups in total. The van der Waals surface area contributed by atoms with Crippen molar-refractivity contribution >= 4 is 0 Å². The molecule has 2 rings (SSSR count). The second kappa shape index (κ2) is 6.36. The third-order valence-electron chi connectivity index (χ3n) is 4.39. The third-order valence-corrected chi connectivity index (χ3v) is 4.39. The predicted molar refractivity (Wildman–Crippen MR) is 77.9 cm³/mol. The van der Waals surface area contributed by atoms with E-state index in [9.17, 15) is 0 Å². The van der Waals surface area contributed by atoms with Gasteiger partial charge in [0.25, 0.3) is 0 Å². The van der Waals surface area contributed by atoms with E-state index in [0.717, 1.165) is 18.5 Å². The van der Waals surface area contributed by atoms with Gasteiger partial charge in [0.2, 0.25) is 0 Å². The minimum atomic E-state index is 0.596. The van der Waals surface area contributed by atoms with Crippen LogP contribution in [0.4, 0.5) is 0 Å². The number of hydrogen-bond acceptors (Lipinski definition) is 3. The highest BCUT2D eigenvalue weighted by molar-refractivity contribution is 4.89. The molecule has 1 atom stereocenters. The van der Waals surface area contributed by atoms with Crippen LogP contribution in [0.1, 0.15) is 40.5 Å². The van der Waals surface area contributed by atoms with Crippen LogP contribution < -0.4 is 5.32 Å². The molecule has 0 aromatic rings. The molecule has 0 bridgehead atoms. The minimum absolute atomic E-state index is 0.596. The summed E-state index contributed by atoms with van der Waals surface area (Å²) in [5.41, 5.74) is 0. The van der Waals surface area contributed by atoms with E-state index < -0.39 is 0 Å². The van der Waals surface area contributed by atoms with Gasteiger partial charge in [-0.15, -0.1) is 0 Å². The zero-order valence-corrected chi connectivity index (χ0v) is 12.7. The van der Waals surface area contributed by atoms with Gasteiger partial charge in [-0.05, 0) is 18.8 Å². The predicted octanol–water partition coefficient (Wildman–Crippen LogP) is 1.79. The van der Waals surface area contributed by atoms with Gasteiger partial charge in [0, 0.05) is 50.8 Å². The Balaban J connectivity index is 1.79. The molecule has 106 valence electrons. The Labute approximate surface area is 113 Å². The van der Waals surface area contributed by atoms with Crippen molar-refractivity contribution < 1.29 is 0 Å². The van der Waals surface area contributed by atoms with E-state index in [1.54, 1.807) is 0 Å². The van der Waals surface area contributed by atoms with Gasteiger partial charge in [0.1, 0.15) is 0 Å². The molecule has 0 amide bonds. The SMILES string of the molecule is CC(C)NCC(C(C)C)N1CCN(C2CC2)CC1. The number of hydrogen-bond donors (Lipinski definition) is 1. The first-order valence-corrected chi connectivity index (χ1v) is 7.79. The Morgan fingerprint density at radius 2 is 1.61 bits per heavy atom. The molecule has 2 aliphatic rings. The number of nitrogens with one attached hydrogen (secondary N) is 1. The van der Waals surface area contributed by atoms with Crippen molar-refractivity contribution in [1.29, 1.82) is 0 Å². The van der Waals surface area contributed by atoms with E-state index in [0.29, 0.717) is 12.1 Å². The van der Waals surface area contributed by atoms with Crippen molar-refractivity contribution in [2.75, 3.05) is 32.7 Å². The molecule has 1 heterocycles. The first-order valence-electron chi connectivity index (χ1n) is 7.79. The van der Waals surface area contributed by atoms with Crippen molar-refractivity contribution in [3.8, 4) is 0 Å². The molecule has 0 spiro atoms. The smallest absolute Gasteiger partial charge is 0.0244 e. The fourth-order valence-corrected chi connectivity index (χ4v) is 3.02. The zero-order chi connectivity index (χ0) is 13.1. The second-order valence-corrected chi connectivity index (χ2v) is 6.68. The molecule has 0 aromatic carbocycles. The Hall–Kier alpha value is -0.120.